The fourth-order valence-electron chi connectivity index (χ4n) is 3.03. The number of rotatable bonds is 9. The van der Waals surface area contributed by atoms with Gasteiger partial charge in [0.25, 0.3) is 0 Å². The van der Waals surface area contributed by atoms with E-state index >= 15 is 0 Å². The third kappa shape index (κ3) is 5.37. The van der Waals surface area contributed by atoms with E-state index in [9.17, 15) is 5.11 Å². The number of methoxy groups -OCH3 is 1. The molecule has 1 heterocycles. The van der Waals surface area contributed by atoms with E-state index in [1.807, 2.05) is 60.7 Å². The molecule has 1 N–H and O–H groups in total. The Balaban J connectivity index is 1.57. The highest BCUT2D eigenvalue weighted by Crippen LogP contribution is 2.26. The Morgan fingerprint density at radius 3 is 2.19 bits per heavy atom. The monoisotopic (exact) mass is 358 g/mol. The lowest BCUT2D eigenvalue weighted by molar-refractivity contribution is -0.178. The van der Waals surface area contributed by atoms with E-state index < -0.39 is 12.4 Å². The molecule has 0 spiro atoms. The minimum Gasteiger partial charge on any atom is -0.388 e. The molecule has 4 atom stereocenters. The molecule has 5 nitrogen and oxygen atoms in total. The van der Waals surface area contributed by atoms with Gasteiger partial charge in [0, 0.05) is 13.5 Å². The van der Waals surface area contributed by atoms with E-state index in [1.165, 1.54) is 7.11 Å². The summed E-state index contributed by atoms with van der Waals surface area (Å²) >= 11 is 0. The molecule has 5 heteroatoms. The van der Waals surface area contributed by atoms with E-state index in [2.05, 4.69) is 0 Å². The number of hydrogen-bond acceptors (Lipinski definition) is 5. The first kappa shape index (κ1) is 19.0. The van der Waals surface area contributed by atoms with Crippen LogP contribution in [0.5, 0.6) is 0 Å². The minimum atomic E-state index is -0.651. The molecule has 0 unspecified atom stereocenters. The van der Waals surface area contributed by atoms with Crippen LogP contribution in [0.25, 0.3) is 0 Å². The van der Waals surface area contributed by atoms with Crippen molar-refractivity contribution < 1.29 is 24.1 Å². The van der Waals surface area contributed by atoms with Crippen molar-refractivity contribution in [1.82, 2.24) is 0 Å². The lowest BCUT2D eigenvalue weighted by Gasteiger charge is -2.24. The van der Waals surface area contributed by atoms with Crippen molar-refractivity contribution in [2.75, 3.05) is 13.7 Å². The Morgan fingerprint density at radius 1 is 1.00 bits per heavy atom. The van der Waals surface area contributed by atoms with E-state index in [4.69, 9.17) is 18.9 Å². The molecule has 0 amide bonds. The first-order valence-corrected chi connectivity index (χ1v) is 8.90. The maximum Gasteiger partial charge on any atom is 0.183 e. The predicted octanol–water partition coefficient (Wildman–Crippen LogP) is 2.91. The number of benzene rings is 2. The van der Waals surface area contributed by atoms with E-state index in [0.29, 0.717) is 26.2 Å². The van der Waals surface area contributed by atoms with Crippen LogP contribution in [-0.2, 0) is 32.2 Å². The van der Waals surface area contributed by atoms with Gasteiger partial charge in [-0.05, 0) is 11.1 Å². The van der Waals surface area contributed by atoms with Crippen molar-refractivity contribution in [3.63, 3.8) is 0 Å². The number of aliphatic hydroxyl groups excluding tert-OH is 1. The van der Waals surface area contributed by atoms with Crippen LogP contribution in [0.1, 0.15) is 17.5 Å². The van der Waals surface area contributed by atoms with Crippen molar-refractivity contribution in [2.45, 2.75) is 44.2 Å². The highest BCUT2D eigenvalue weighted by atomic mass is 16.7. The lowest BCUT2D eigenvalue weighted by atomic mass is 10.1. The maximum atomic E-state index is 10.1. The molecule has 0 radical (unpaired) electrons. The van der Waals surface area contributed by atoms with Crippen LogP contribution in [-0.4, -0.2) is 43.4 Å². The smallest absolute Gasteiger partial charge is 0.183 e. The SMILES string of the molecule is CO[C@@H]1O[C@@H]([C@@H](COCc2ccccc2)OCc2ccccc2)C[C@H]1O. The first-order valence-electron chi connectivity index (χ1n) is 8.90. The molecular weight excluding hydrogens is 332 g/mol. The molecule has 140 valence electrons. The second kappa shape index (κ2) is 9.80. The number of ether oxygens (including phenoxy) is 4. The summed E-state index contributed by atoms with van der Waals surface area (Å²) in [4.78, 5) is 0. The van der Waals surface area contributed by atoms with Gasteiger partial charge < -0.3 is 24.1 Å². The van der Waals surface area contributed by atoms with Crippen LogP contribution in [0.3, 0.4) is 0 Å². The average Bonchev–Trinajstić information content (AvgIpc) is 3.06. The van der Waals surface area contributed by atoms with Gasteiger partial charge in [0.1, 0.15) is 12.2 Å². The molecule has 1 fully saturated rings. The first-order chi connectivity index (χ1) is 12.8. The molecule has 0 aliphatic carbocycles. The van der Waals surface area contributed by atoms with Crippen LogP contribution >= 0.6 is 0 Å². The van der Waals surface area contributed by atoms with Gasteiger partial charge in [-0.3, -0.25) is 0 Å². The topological polar surface area (TPSA) is 57.2 Å². The molecule has 3 rings (SSSR count). The van der Waals surface area contributed by atoms with Crippen molar-refractivity contribution in [3.8, 4) is 0 Å². The molecule has 26 heavy (non-hydrogen) atoms. The van der Waals surface area contributed by atoms with Crippen LogP contribution in [0, 0.1) is 0 Å². The third-order valence-electron chi connectivity index (χ3n) is 4.44. The molecule has 2 aromatic carbocycles. The van der Waals surface area contributed by atoms with E-state index in [0.717, 1.165) is 11.1 Å². The molecule has 1 saturated heterocycles. The average molecular weight is 358 g/mol. The fourth-order valence-corrected chi connectivity index (χ4v) is 3.03. The minimum absolute atomic E-state index is 0.269. The third-order valence-corrected chi connectivity index (χ3v) is 4.44. The highest BCUT2D eigenvalue weighted by Gasteiger charge is 2.39. The summed E-state index contributed by atoms with van der Waals surface area (Å²) in [7, 11) is 1.53. The zero-order chi connectivity index (χ0) is 18.2. The molecule has 0 aromatic heterocycles. The second-order valence-corrected chi connectivity index (χ2v) is 6.42. The Bertz CT molecular complexity index is 633. The largest absolute Gasteiger partial charge is 0.388 e. The van der Waals surface area contributed by atoms with Crippen molar-refractivity contribution in [2.24, 2.45) is 0 Å². The van der Waals surface area contributed by atoms with Gasteiger partial charge in [-0.15, -0.1) is 0 Å². The standard InChI is InChI=1S/C21H26O5/c1-23-21-18(22)12-19(26-21)20(25-14-17-10-6-3-7-11-17)15-24-13-16-8-4-2-5-9-16/h2-11,18-22H,12-15H2,1H3/t18-,19-,20-,21-/m1/s1. The molecule has 1 aliphatic rings. The van der Waals surface area contributed by atoms with Gasteiger partial charge >= 0.3 is 0 Å². The maximum absolute atomic E-state index is 10.1. The normalized spacial score (nSPS) is 23.8. The molecule has 1 aliphatic heterocycles. The number of aliphatic hydroxyl groups is 1. The Hall–Kier alpha value is -1.76. The Kier molecular flexibility index (Phi) is 7.17. The zero-order valence-electron chi connectivity index (χ0n) is 15.0. The van der Waals surface area contributed by atoms with E-state index in [-0.39, 0.29) is 12.2 Å². The molecule has 2 aromatic rings. The van der Waals surface area contributed by atoms with Crippen molar-refractivity contribution in [3.05, 3.63) is 71.8 Å². The quantitative estimate of drug-likeness (QED) is 0.747. The summed E-state index contributed by atoms with van der Waals surface area (Å²) < 4.78 is 22.9. The van der Waals surface area contributed by atoms with E-state index in [1.54, 1.807) is 0 Å². The Morgan fingerprint density at radius 2 is 1.62 bits per heavy atom. The zero-order valence-corrected chi connectivity index (χ0v) is 15.0. The molecule has 0 bridgehead atoms. The predicted molar refractivity (Wildman–Crippen MR) is 97.4 cm³/mol. The van der Waals surface area contributed by atoms with Gasteiger partial charge in [-0.2, -0.15) is 0 Å². The van der Waals surface area contributed by atoms with Gasteiger partial charge in [0.05, 0.1) is 25.9 Å². The summed E-state index contributed by atoms with van der Waals surface area (Å²) in [5.74, 6) is 0. The van der Waals surface area contributed by atoms with Gasteiger partial charge in [0.2, 0.25) is 0 Å². The van der Waals surface area contributed by atoms with Crippen LogP contribution in [0.2, 0.25) is 0 Å². The number of hydrogen-bond donors (Lipinski definition) is 1. The van der Waals surface area contributed by atoms with Gasteiger partial charge in [-0.25, -0.2) is 0 Å². The van der Waals surface area contributed by atoms with Crippen molar-refractivity contribution in [1.29, 1.82) is 0 Å². The van der Waals surface area contributed by atoms with Crippen LogP contribution in [0.4, 0.5) is 0 Å². The Labute approximate surface area is 154 Å². The fraction of sp³-hybridized carbons (Fsp3) is 0.429. The summed E-state index contributed by atoms with van der Waals surface area (Å²) in [5, 5.41) is 10.1. The summed E-state index contributed by atoms with van der Waals surface area (Å²) in [5.41, 5.74) is 2.19. The second-order valence-electron chi connectivity index (χ2n) is 6.42. The summed E-state index contributed by atoms with van der Waals surface area (Å²) in [6, 6.07) is 20.0. The summed E-state index contributed by atoms with van der Waals surface area (Å²) in [6.07, 6.45) is -1.35. The molecule has 0 saturated carbocycles. The van der Waals surface area contributed by atoms with Crippen LogP contribution in [0.15, 0.2) is 60.7 Å². The van der Waals surface area contributed by atoms with Crippen molar-refractivity contribution >= 4 is 0 Å². The van der Waals surface area contributed by atoms with Gasteiger partial charge in [-0.1, -0.05) is 60.7 Å². The summed E-state index contributed by atoms with van der Waals surface area (Å²) in [6.45, 7) is 1.36. The lowest BCUT2D eigenvalue weighted by Crippen LogP contribution is -2.34. The molecular formula is C21H26O5. The van der Waals surface area contributed by atoms with Crippen LogP contribution < -0.4 is 0 Å². The van der Waals surface area contributed by atoms with Gasteiger partial charge in [0.15, 0.2) is 6.29 Å². The highest BCUT2D eigenvalue weighted by molar-refractivity contribution is 5.14.